The minimum atomic E-state index is -0.444. The van der Waals surface area contributed by atoms with Crippen LogP contribution in [0.4, 0.5) is 4.39 Å². The maximum absolute atomic E-state index is 13.6. The highest BCUT2D eigenvalue weighted by molar-refractivity contribution is 5.37. The normalized spacial score (nSPS) is 11.7. The van der Waals surface area contributed by atoms with E-state index in [1.54, 1.807) is 0 Å². The first-order chi connectivity index (χ1) is 9.60. The highest BCUT2D eigenvalue weighted by Crippen LogP contribution is 2.22. The van der Waals surface area contributed by atoms with Crippen molar-refractivity contribution in [1.82, 2.24) is 0 Å². The number of aryl methyl sites for hydroxylation is 1. The Labute approximate surface area is 118 Å². The van der Waals surface area contributed by atoms with Crippen LogP contribution in [0.3, 0.4) is 0 Å². The molecule has 0 aliphatic rings. The number of hydrogen-bond acceptors (Lipinski definition) is 2. The van der Waals surface area contributed by atoms with Crippen LogP contribution in [-0.4, -0.2) is 6.61 Å². The van der Waals surface area contributed by atoms with Crippen molar-refractivity contribution in [3.8, 4) is 11.8 Å². The molecule has 0 aromatic heterocycles. The lowest BCUT2D eigenvalue weighted by atomic mass is 10.0. The fourth-order valence-electron chi connectivity index (χ4n) is 1.89. The lowest BCUT2D eigenvalue weighted by Gasteiger charge is -2.14. The van der Waals surface area contributed by atoms with E-state index in [2.05, 4.69) is 0 Å². The maximum Gasteiger partial charge on any atom is 0.165 e. The van der Waals surface area contributed by atoms with Crippen molar-refractivity contribution in [2.75, 3.05) is 6.61 Å². The van der Waals surface area contributed by atoms with Crippen molar-refractivity contribution >= 4 is 0 Å². The van der Waals surface area contributed by atoms with Gasteiger partial charge in [-0.2, -0.15) is 5.26 Å². The molecule has 20 heavy (non-hydrogen) atoms. The van der Waals surface area contributed by atoms with Crippen molar-refractivity contribution in [3.63, 3.8) is 0 Å². The van der Waals surface area contributed by atoms with Crippen molar-refractivity contribution in [1.29, 1.82) is 5.26 Å². The number of rotatable bonds is 4. The van der Waals surface area contributed by atoms with Gasteiger partial charge in [0, 0.05) is 12.0 Å². The Morgan fingerprint density at radius 2 is 1.90 bits per heavy atom. The van der Waals surface area contributed by atoms with Gasteiger partial charge in [0.25, 0.3) is 0 Å². The van der Waals surface area contributed by atoms with Crippen LogP contribution in [0.25, 0.3) is 0 Å². The van der Waals surface area contributed by atoms with Crippen LogP contribution in [0.15, 0.2) is 42.5 Å². The molecule has 0 spiro atoms. The largest absolute Gasteiger partial charge is 0.490 e. The third-order valence-electron chi connectivity index (χ3n) is 3.20. The molecule has 0 aliphatic heterocycles. The minimum absolute atomic E-state index is 0.128. The molecule has 0 aliphatic carbocycles. The van der Waals surface area contributed by atoms with Crippen LogP contribution < -0.4 is 4.74 Å². The quantitative estimate of drug-likeness (QED) is 0.833. The monoisotopic (exact) mass is 269 g/mol. The predicted molar refractivity (Wildman–Crippen MR) is 76.2 cm³/mol. The highest BCUT2D eigenvalue weighted by atomic mass is 19.1. The molecule has 102 valence electrons. The summed E-state index contributed by atoms with van der Waals surface area (Å²) in [6.07, 6.45) is 0. The zero-order valence-corrected chi connectivity index (χ0v) is 11.6. The second-order valence-corrected chi connectivity index (χ2v) is 4.88. The standard InChI is InChI=1S/C17H16FNO/c1-12-3-6-15(7-4-12)13(2)11-20-17-9-14(10-19)5-8-16(17)18/h3-9,13H,11H2,1-2H3. The highest BCUT2D eigenvalue weighted by Gasteiger charge is 2.09. The number of ether oxygens (including phenoxy) is 1. The van der Waals surface area contributed by atoms with Crippen LogP contribution in [-0.2, 0) is 0 Å². The molecule has 0 amide bonds. The van der Waals surface area contributed by atoms with E-state index < -0.39 is 5.82 Å². The summed E-state index contributed by atoms with van der Waals surface area (Å²) < 4.78 is 19.1. The summed E-state index contributed by atoms with van der Waals surface area (Å²) in [6.45, 7) is 4.43. The van der Waals surface area contributed by atoms with Crippen LogP contribution >= 0.6 is 0 Å². The number of benzene rings is 2. The Morgan fingerprint density at radius 3 is 2.55 bits per heavy atom. The van der Waals surface area contributed by atoms with Gasteiger partial charge in [0.15, 0.2) is 11.6 Å². The van der Waals surface area contributed by atoms with Gasteiger partial charge in [-0.15, -0.1) is 0 Å². The third-order valence-corrected chi connectivity index (χ3v) is 3.20. The molecule has 2 aromatic rings. The van der Waals surface area contributed by atoms with E-state index in [4.69, 9.17) is 10.00 Å². The Balaban J connectivity index is 2.05. The zero-order chi connectivity index (χ0) is 14.5. The summed E-state index contributed by atoms with van der Waals surface area (Å²) in [5.41, 5.74) is 2.74. The summed E-state index contributed by atoms with van der Waals surface area (Å²) >= 11 is 0. The third kappa shape index (κ3) is 3.36. The lowest BCUT2D eigenvalue weighted by molar-refractivity contribution is 0.282. The van der Waals surface area contributed by atoms with Crippen LogP contribution in [0.2, 0.25) is 0 Å². The summed E-state index contributed by atoms with van der Waals surface area (Å²) in [5, 5.41) is 8.81. The average molecular weight is 269 g/mol. The summed E-state index contributed by atoms with van der Waals surface area (Å²) in [4.78, 5) is 0. The Morgan fingerprint density at radius 1 is 1.20 bits per heavy atom. The second kappa shape index (κ2) is 6.21. The lowest BCUT2D eigenvalue weighted by Crippen LogP contribution is -2.08. The molecular formula is C17H16FNO. The summed E-state index contributed by atoms with van der Waals surface area (Å²) in [6, 6.07) is 14.3. The maximum atomic E-state index is 13.6. The molecule has 1 atom stereocenters. The summed E-state index contributed by atoms with van der Waals surface area (Å²) in [7, 11) is 0. The first-order valence-electron chi connectivity index (χ1n) is 6.49. The van der Waals surface area contributed by atoms with Gasteiger partial charge < -0.3 is 4.74 Å². The molecule has 1 unspecified atom stereocenters. The second-order valence-electron chi connectivity index (χ2n) is 4.88. The Hall–Kier alpha value is -2.34. The fraction of sp³-hybridized carbons (Fsp3) is 0.235. The van der Waals surface area contributed by atoms with Gasteiger partial charge in [-0.05, 0) is 24.6 Å². The Bertz CT molecular complexity index is 628. The number of halogens is 1. The molecule has 2 aromatic carbocycles. The first kappa shape index (κ1) is 14.1. The number of nitriles is 1. The minimum Gasteiger partial charge on any atom is -0.490 e. The average Bonchev–Trinajstić information content (AvgIpc) is 2.47. The van der Waals surface area contributed by atoms with E-state index in [1.165, 1.54) is 23.8 Å². The van der Waals surface area contributed by atoms with Gasteiger partial charge in [0.2, 0.25) is 0 Å². The van der Waals surface area contributed by atoms with E-state index in [0.29, 0.717) is 12.2 Å². The van der Waals surface area contributed by atoms with E-state index in [9.17, 15) is 4.39 Å². The van der Waals surface area contributed by atoms with Crippen molar-refractivity contribution in [3.05, 3.63) is 65.0 Å². The van der Waals surface area contributed by atoms with Crippen molar-refractivity contribution in [2.45, 2.75) is 19.8 Å². The SMILES string of the molecule is Cc1ccc(C(C)COc2cc(C#N)ccc2F)cc1. The molecular weight excluding hydrogens is 253 g/mol. The molecule has 3 heteroatoms. The molecule has 0 bridgehead atoms. The van der Waals surface area contributed by atoms with Gasteiger partial charge in [-0.1, -0.05) is 36.8 Å². The first-order valence-corrected chi connectivity index (χ1v) is 6.49. The zero-order valence-electron chi connectivity index (χ0n) is 11.6. The van der Waals surface area contributed by atoms with Crippen LogP contribution in [0.5, 0.6) is 5.75 Å². The molecule has 0 radical (unpaired) electrons. The fourth-order valence-corrected chi connectivity index (χ4v) is 1.89. The molecule has 2 nitrogen and oxygen atoms in total. The molecule has 0 N–H and O–H groups in total. The molecule has 0 saturated carbocycles. The smallest absolute Gasteiger partial charge is 0.165 e. The van der Waals surface area contributed by atoms with Crippen molar-refractivity contribution in [2.24, 2.45) is 0 Å². The van der Waals surface area contributed by atoms with Gasteiger partial charge in [-0.3, -0.25) is 0 Å². The molecule has 2 rings (SSSR count). The van der Waals surface area contributed by atoms with Crippen molar-refractivity contribution < 1.29 is 9.13 Å². The van der Waals surface area contributed by atoms with Gasteiger partial charge in [0.1, 0.15) is 0 Å². The Kier molecular flexibility index (Phi) is 4.37. The van der Waals surface area contributed by atoms with Gasteiger partial charge in [-0.25, -0.2) is 4.39 Å². The van der Waals surface area contributed by atoms with Gasteiger partial charge in [0.05, 0.1) is 18.2 Å². The predicted octanol–water partition coefficient (Wildman–Crippen LogP) is 4.19. The number of nitrogens with zero attached hydrogens (tertiary/aromatic N) is 1. The topological polar surface area (TPSA) is 33.0 Å². The van der Waals surface area contributed by atoms with E-state index in [0.717, 1.165) is 5.56 Å². The van der Waals surface area contributed by atoms with E-state index in [-0.39, 0.29) is 11.7 Å². The molecule has 0 heterocycles. The summed E-state index contributed by atoms with van der Waals surface area (Å²) in [5.74, 6) is -0.163. The molecule has 0 fully saturated rings. The van der Waals surface area contributed by atoms with Gasteiger partial charge >= 0.3 is 0 Å². The molecule has 0 saturated heterocycles. The van der Waals surface area contributed by atoms with Crippen LogP contribution in [0, 0.1) is 24.1 Å². The number of hydrogen-bond donors (Lipinski definition) is 0. The van der Waals surface area contributed by atoms with E-state index >= 15 is 0 Å². The van der Waals surface area contributed by atoms with E-state index in [1.807, 2.05) is 44.2 Å². The van der Waals surface area contributed by atoms with Crippen LogP contribution in [0.1, 0.15) is 29.5 Å².